The quantitative estimate of drug-likeness (QED) is 0.902. The van der Waals surface area contributed by atoms with Gasteiger partial charge in [0.1, 0.15) is 4.88 Å². The van der Waals surface area contributed by atoms with Gasteiger partial charge in [-0.15, -0.1) is 11.3 Å². The van der Waals surface area contributed by atoms with Crippen LogP contribution in [0.5, 0.6) is 0 Å². The normalized spacial score (nSPS) is 23.2. The van der Waals surface area contributed by atoms with Crippen molar-refractivity contribution in [2.24, 2.45) is 0 Å². The summed E-state index contributed by atoms with van der Waals surface area (Å²) < 4.78 is 5.71. The summed E-state index contributed by atoms with van der Waals surface area (Å²) in [5.41, 5.74) is 0.836. The number of thiazole rings is 1. The smallest absolute Gasteiger partial charge is 0.263 e. The molecule has 1 amide bonds. The Morgan fingerprint density at radius 2 is 2.10 bits per heavy atom. The van der Waals surface area contributed by atoms with E-state index in [0.717, 1.165) is 41.6 Å². The number of nitrogens with zero attached hydrogens (tertiary/aromatic N) is 2. The molecule has 6 heteroatoms. The van der Waals surface area contributed by atoms with Crippen LogP contribution in [0.4, 0.5) is 0 Å². The summed E-state index contributed by atoms with van der Waals surface area (Å²) in [4.78, 5) is 19.7. The molecule has 0 spiro atoms. The van der Waals surface area contributed by atoms with Crippen LogP contribution in [0.15, 0.2) is 0 Å². The monoisotopic (exact) mass is 311 g/mol. The first-order valence-electron chi connectivity index (χ1n) is 7.62. The van der Waals surface area contributed by atoms with E-state index in [-0.39, 0.29) is 18.1 Å². The van der Waals surface area contributed by atoms with E-state index in [9.17, 15) is 4.79 Å². The largest absolute Gasteiger partial charge is 0.373 e. The molecule has 1 saturated heterocycles. The maximum absolute atomic E-state index is 12.2. The van der Waals surface area contributed by atoms with E-state index in [4.69, 9.17) is 4.74 Å². The standard InChI is InChI=1S/C15H25N3O2S/c1-5-13-17-12(4)14(21-13)15(19)16-6-7-18-8-10(2)20-11(3)9-18/h10-11H,5-9H2,1-4H3,(H,16,19)/t10-,11+. The number of aryl methyl sites for hydroxylation is 2. The van der Waals surface area contributed by atoms with Gasteiger partial charge in [0.05, 0.1) is 22.9 Å². The van der Waals surface area contributed by atoms with Gasteiger partial charge in [-0.05, 0) is 27.2 Å². The molecule has 1 aromatic heterocycles. The molecule has 0 unspecified atom stereocenters. The van der Waals surface area contributed by atoms with Gasteiger partial charge in [-0.1, -0.05) is 6.92 Å². The Hall–Kier alpha value is -0.980. The van der Waals surface area contributed by atoms with Crippen molar-refractivity contribution in [3.8, 4) is 0 Å². The molecule has 118 valence electrons. The number of rotatable bonds is 5. The van der Waals surface area contributed by atoms with Crippen LogP contribution in [0, 0.1) is 6.92 Å². The van der Waals surface area contributed by atoms with Crippen LogP contribution < -0.4 is 5.32 Å². The minimum absolute atomic E-state index is 0.000874. The molecule has 0 aromatic carbocycles. The molecule has 0 bridgehead atoms. The number of carbonyl (C=O) groups is 1. The van der Waals surface area contributed by atoms with Crippen LogP contribution in [-0.4, -0.2) is 54.2 Å². The van der Waals surface area contributed by atoms with Gasteiger partial charge in [0, 0.05) is 26.2 Å². The van der Waals surface area contributed by atoms with Gasteiger partial charge in [0.15, 0.2) is 0 Å². The van der Waals surface area contributed by atoms with E-state index < -0.39 is 0 Å². The molecule has 0 aliphatic carbocycles. The molecule has 1 aliphatic rings. The highest BCUT2D eigenvalue weighted by molar-refractivity contribution is 7.13. The summed E-state index contributed by atoms with van der Waals surface area (Å²) in [7, 11) is 0. The number of hydrogen-bond acceptors (Lipinski definition) is 5. The van der Waals surface area contributed by atoms with E-state index in [1.807, 2.05) is 6.92 Å². The molecular weight excluding hydrogens is 286 g/mol. The fraction of sp³-hybridized carbons (Fsp3) is 0.733. The average molecular weight is 311 g/mol. The predicted octanol–water partition coefficient (Wildman–Crippen LogP) is 1.85. The summed E-state index contributed by atoms with van der Waals surface area (Å²) in [6.45, 7) is 11.5. The first-order valence-corrected chi connectivity index (χ1v) is 8.43. The van der Waals surface area contributed by atoms with Gasteiger partial charge in [0.25, 0.3) is 5.91 Å². The lowest BCUT2D eigenvalue weighted by molar-refractivity contribution is -0.0672. The molecule has 2 rings (SSSR count). The maximum atomic E-state index is 12.2. The molecule has 1 aliphatic heterocycles. The lowest BCUT2D eigenvalue weighted by atomic mass is 10.2. The number of nitrogens with one attached hydrogen (secondary N) is 1. The van der Waals surface area contributed by atoms with E-state index in [1.54, 1.807) is 0 Å². The molecular formula is C15H25N3O2S. The predicted molar refractivity (Wildman–Crippen MR) is 85.0 cm³/mol. The van der Waals surface area contributed by atoms with Crippen molar-refractivity contribution >= 4 is 17.2 Å². The SMILES string of the molecule is CCc1nc(C)c(C(=O)NCCN2C[C@@H](C)O[C@@H](C)C2)s1. The van der Waals surface area contributed by atoms with Gasteiger partial charge in [-0.2, -0.15) is 0 Å². The lowest BCUT2D eigenvalue weighted by Crippen LogP contribution is -2.47. The topological polar surface area (TPSA) is 54.5 Å². The molecule has 1 N–H and O–H groups in total. The van der Waals surface area contributed by atoms with Gasteiger partial charge in [-0.25, -0.2) is 4.98 Å². The van der Waals surface area contributed by atoms with Crippen molar-refractivity contribution in [1.29, 1.82) is 0 Å². The molecule has 0 radical (unpaired) electrons. The third-order valence-electron chi connectivity index (χ3n) is 3.56. The van der Waals surface area contributed by atoms with Gasteiger partial charge in [0.2, 0.25) is 0 Å². The number of aromatic nitrogens is 1. The number of amides is 1. The van der Waals surface area contributed by atoms with Crippen molar-refractivity contribution < 1.29 is 9.53 Å². The average Bonchev–Trinajstić information content (AvgIpc) is 2.79. The minimum Gasteiger partial charge on any atom is -0.373 e. The fourth-order valence-corrected chi connectivity index (χ4v) is 3.61. The first kappa shape index (κ1) is 16.4. The van der Waals surface area contributed by atoms with Crippen LogP contribution in [-0.2, 0) is 11.2 Å². The highest BCUT2D eigenvalue weighted by atomic mass is 32.1. The van der Waals surface area contributed by atoms with Crippen molar-refractivity contribution in [2.45, 2.75) is 46.3 Å². The fourth-order valence-electron chi connectivity index (χ4n) is 2.69. The molecule has 5 nitrogen and oxygen atoms in total. The van der Waals surface area contributed by atoms with E-state index in [0.29, 0.717) is 6.54 Å². The van der Waals surface area contributed by atoms with Gasteiger partial charge >= 0.3 is 0 Å². The zero-order valence-electron chi connectivity index (χ0n) is 13.3. The number of morpholine rings is 1. The zero-order valence-corrected chi connectivity index (χ0v) is 14.1. The van der Waals surface area contributed by atoms with Crippen molar-refractivity contribution in [3.05, 3.63) is 15.6 Å². The van der Waals surface area contributed by atoms with Gasteiger partial charge in [-0.3, -0.25) is 9.69 Å². The van der Waals surface area contributed by atoms with Gasteiger partial charge < -0.3 is 10.1 Å². The molecule has 2 atom stereocenters. The third-order valence-corrected chi connectivity index (χ3v) is 4.86. The highest BCUT2D eigenvalue weighted by Crippen LogP contribution is 2.18. The van der Waals surface area contributed by atoms with Crippen molar-refractivity contribution in [3.63, 3.8) is 0 Å². The Labute approximate surface area is 130 Å². The summed E-state index contributed by atoms with van der Waals surface area (Å²) in [5.74, 6) is -0.000874. The Bertz CT molecular complexity index is 479. The van der Waals surface area contributed by atoms with Crippen molar-refractivity contribution in [2.75, 3.05) is 26.2 Å². The van der Waals surface area contributed by atoms with Crippen LogP contribution >= 0.6 is 11.3 Å². The molecule has 2 heterocycles. The lowest BCUT2D eigenvalue weighted by Gasteiger charge is -2.35. The summed E-state index contributed by atoms with van der Waals surface area (Å²) >= 11 is 1.50. The van der Waals surface area contributed by atoms with Crippen LogP contribution in [0.25, 0.3) is 0 Å². The summed E-state index contributed by atoms with van der Waals surface area (Å²) in [6.07, 6.45) is 1.41. The Morgan fingerprint density at radius 1 is 1.43 bits per heavy atom. The second-order valence-corrected chi connectivity index (χ2v) is 6.73. The van der Waals surface area contributed by atoms with Crippen LogP contribution in [0.1, 0.15) is 41.1 Å². The van der Waals surface area contributed by atoms with E-state index in [2.05, 4.69) is 36.0 Å². The Morgan fingerprint density at radius 3 is 2.67 bits per heavy atom. The molecule has 1 fully saturated rings. The van der Waals surface area contributed by atoms with Crippen LogP contribution in [0.3, 0.4) is 0 Å². The highest BCUT2D eigenvalue weighted by Gasteiger charge is 2.22. The zero-order chi connectivity index (χ0) is 15.4. The molecule has 21 heavy (non-hydrogen) atoms. The molecule has 1 aromatic rings. The summed E-state index contributed by atoms with van der Waals surface area (Å²) in [6, 6.07) is 0. The number of hydrogen-bond donors (Lipinski definition) is 1. The van der Waals surface area contributed by atoms with Crippen molar-refractivity contribution in [1.82, 2.24) is 15.2 Å². The summed E-state index contributed by atoms with van der Waals surface area (Å²) in [5, 5.41) is 4.02. The third kappa shape index (κ3) is 4.49. The van der Waals surface area contributed by atoms with Crippen LogP contribution in [0.2, 0.25) is 0 Å². The first-order chi connectivity index (χ1) is 9.99. The Kier molecular flexibility index (Phi) is 5.72. The second kappa shape index (κ2) is 7.33. The number of carbonyl (C=O) groups excluding carboxylic acids is 1. The maximum Gasteiger partial charge on any atom is 0.263 e. The molecule has 0 saturated carbocycles. The second-order valence-electron chi connectivity index (χ2n) is 5.65. The Balaban J connectivity index is 1.80. The number of ether oxygens (including phenoxy) is 1. The van der Waals surface area contributed by atoms with E-state index in [1.165, 1.54) is 11.3 Å². The minimum atomic E-state index is -0.000874. The van der Waals surface area contributed by atoms with E-state index >= 15 is 0 Å².